The molecule has 2 atom stereocenters. The van der Waals surface area contributed by atoms with Crippen LogP contribution >= 0.6 is 0 Å². The van der Waals surface area contributed by atoms with Gasteiger partial charge in [0, 0.05) is 11.6 Å². The molecule has 0 aromatic heterocycles. The zero-order chi connectivity index (χ0) is 13.5. The van der Waals surface area contributed by atoms with E-state index in [-0.39, 0.29) is 12.1 Å². The van der Waals surface area contributed by atoms with Crippen molar-refractivity contribution in [3.05, 3.63) is 35.4 Å². The van der Waals surface area contributed by atoms with Crippen LogP contribution in [0.5, 0.6) is 0 Å². The summed E-state index contributed by atoms with van der Waals surface area (Å²) in [6.45, 7) is 4.65. The standard InChI is InChI=1S/C17H25NO/c1-12(2)18-17(11-19)15-7-8-16(17)10-14-6-4-3-5-13(14)9-15/h3-6,12,15-16,18-19H,7-11H2,1-2H3. The monoisotopic (exact) mass is 259 g/mol. The quantitative estimate of drug-likeness (QED) is 0.874. The van der Waals surface area contributed by atoms with E-state index >= 15 is 0 Å². The Morgan fingerprint density at radius 2 is 1.68 bits per heavy atom. The second-order valence-electron chi connectivity index (χ2n) is 6.65. The summed E-state index contributed by atoms with van der Waals surface area (Å²) >= 11 is 0. The molecule has 2 heteroatoms. The maximum absolute atomic E-state index is 10.1. The van der Waals surface area contributed by atoms with E-state index in [1.807, 2.05) is 0 Å². The summed E-state index contributed by atoms with van der Waals surface area (Å²) in [7, 11) is 0. The van der Waals surface area contributed by atoms with Crippen molar-refractivity contribution in [2.75, 3.05) is 6.61 Å². The van der Waals surface area contributed by atoms with Gasteiger partial charge in [0.05, 0.1) is 6.61 Å². The van der Waals surface area contributed by atoms with Crippen molar-refractivity contribution >= 4 is 0 Å². The van der Waals surface area contributed by atoms with E-state index in [9.17, 15) is 5.11 Å². The second-order valence-corrected chi connectivity index (χ2v) is 6.65. The van der Waals surface area contributed by atoms with E-state index in [1.165, 1.54) is 24.0 Å². The molecular weight excluding hydrogens is 234 g/mol. The van der Waals surface area contributed by atoms with E-state index in [1.54, 1.807) is 0 Å². The third-order valence-corrected chi connectivity index (χ3v) is 5.19. The fourth-order valence-electron chi connectivity index (χ4n) is 4.38. The van der Waals surface area contributed by atoms with Crippen molar-refractivity contribution in [1.29, 1.82) is 0 Å². The van der Waals surface area contributed by atoms with Gasteiger partial charge >= 0.3 is 0 Å². The van der Waals surface area contributed by atoms with Gasteiger partial charge in [0.25, 0.3) is 0 Å². The summed E-state index contributed by atoms with van der Waals surface area (Å²) in [6.07, 6.45) is 4.73. The van der Waals surface area contributed by atoms with Crippen LogP contribution in [0.15, 0.2) is 24.3 Å². The van der Waals surface area contributed by atoms with Gasteiger partial charge in [-0.05, 0) is 48.6 Å². The normalized spacial score (nSPS) is 33.3. The number of nitrogens with one attached hydrogen (secondary N) is 1. The largest absolute Gasteiger partial charge is 0.394 e. The molecule has 0 heterocycles. The van der Waals surface area contributed by atoms with Crippen molar-refractivity contribution in [3.63, 3.8) is 0 Å². The molecule has 2 unspecified atom stereocenters. The van der Waals surface area contributed by atoms with Crippen LogP contribution in [0.3, 0.4) is 0 Å². The Morgan fingerprint density at radius 1 is 1.16 bits per heavy atom. The van der Waals surface area contributed by atoms with Crippen LogP contribution in [0.2, 0.25) is 0 Å². The van der Waals surface area contributed by atoms with E-state index in [2.05, 4.69) is 43.4 Å². The highest BCUT2D eigenvalue weighted by Crippen LogP contribution is 2.47. The van der Waals surface area contributed by atoms with Crippen LogP contribution in [0.25, 0.3) is 0 Å². The highest BCUT2D eigenvalue weighted by molar-refractivity contribution is 5.32. The van der Waals surface area contributed by atoms with Crippen LogP contribution in [0.4, 0.5) is 0 Å². The zero-order valence-electron chi connectivity index (χ0n) is 12.0. The first-order valence-electron chi connectivity index (χ1n) is 7.61. The predicted octanol–water partition coefficient (Wildman–Crippen LogP) is 2.54. The van der Waals surface area contributed by atoms with E-state index in [4.69, 9.17) is 0 Å². The van der Waals surface area contributed by atoms with Gasteiger partial charge in [0.2, 0.25) is 0 Å². The Hall–Kier alpha value is -0.860. The van der Waals surface area contributed by atoms with Gasteiger partial charge in [-0.2, -0.15) is 0 Å². The minimum Gasteiger partial charge on any atom is -0.394 e. The van der Waals surface area contributed by atoms with Crippen molar-refractivity contribution in [1.82, 2.24) is 5.32 Å². The molecular formula is C17H25NO. The fourth-order valence-corrected chi connectivity index (χ4v) is 4.38. The Morgan fingerprint density at radius 3 is 2.11 bits per heavy atom. The molecule has 0 saturated heterocycles. The molecule has 2 aliphatic rings. The van der Waals surface area contributed by atoms with Gasteiger partial charge in [0.15, 0.2) is 0 Å². The molecule has 1 aromatic carbocycles. The lowest BCUT2D eigenvalue weighted by Crippen LogP contribution is -2.58. The minimum absolute atomic E-state index is 0.0623. The van der Waals surface area contributed by atoms with Crippen molar-refractivity contribution in [3.8, 4) is 0 Å². The first kappa shape index (κ1) is 13.1. The number of rotatable bonds is 3. The molecule has 0 radical (unpaired) electrons. The minimum atomic E-state index is -0.0623. The SMILES string of the molecule is CC(C)NC1(CO)C2CCC1Cc1ccccc1C2. The Bertz CT molecular complexity index is 421. The van der Waals surface area contributed by atoms with Gasteiger partial charge in [-0.1, -0.05) is 38.1 Å². The molecule has 2 nitrogen and oxygen atoms in total. The first-order chi connectivity index (χ1) is 9.15. The molecule has 0 spiro atoms. The smallest absolute Gasteiger partial charge is 0.0619 e. The Balaban J connectivity index is 1.98. The molecule has 0 aliphatic heterocycles. The topological polar surface area (TPSA) is 32.3 Å². The molecule has 2 aliphatic carbocycles. The predicted molar refractivity (Wildman–Crippen MR) is 78.2 cm³/mol. The van der Waals surface area contributed by atoms with E-state index in [0.717, 1.165) is 12.8 Å². The highest BCUT2D eigenvalue weighted by atomic mass is 16.3. The number of aliphatic hydroxyl groups is 1. The van der Waals surface area contributed by atoms with Crippen molar-refractivity contribution in [2.45, 2.75) is 51.1 Å². The van der Waals surface area contributed by atoms with E-state index < -0.39 is 0 Å². The van der Waals surface area contributed by atoms with Gasteiger partial charge in [-0.15, -0.1) is 0 Å². The molecule has 2 N–H and O–H groups in total. The average Bonchev–Trinajstić information content (AvgIpc) is 2.61. The number of aliphatic hydroxyl groups excluding tert-OH is 1. The Kier molecular flexibility index (Phi) is 3.40. The third-order valence-electron chi connectivity index (χ3n) is 5.19. The first-order valence-corrected chi connectivity index (χ1v) is 7.61. The highest BCUT2D eigenvalue weighted by Gasteiger charge is 2.51. The van der Waals surface area contributed by atoms with Gasteiger partial charge in [0.1, 0.15) is 0 Å². The number of benzene rings is 1. The maximum Gasteiger partial charge on any atom is 0.0619 e. The van der Waals surface area contributed by atoms with Crippen LogP contribution in [0.1, 0.15) is 37.8 Å². The number of hydrogen-bond donors (Lipinski definition) is 2. The summed E-state index contributed by atoms with van der Waals surface area (Å²) in [4.78, 5) is 0. The summed E-state index contributed by atoms with van der Waals surface area (Å²) in [6, 6.07) is 9.26. The van der Waals surface area contributed by atoms with Gasteiger partial charge in [-0.25, -0.2) is 0 Å². The van der Waals surface area contributed by atoms with Crippen LogP contribution < -0.4 is 5.32 Å². The molecule has 1 aromatic rings. The lowest BCUT2D eigenvalue weighted by atomic mass is 9.79. The van der Waals surface area contributed by atoms with Crippen LogP contribution in [-0.4, -0.2) is 23.3 Å². The molecule has 1 saturated carbocycles. The van der Waals surface area contributed by atoms with Gasteiger partial charge < -0.3 is 10.4 Å². The Labute approximate surface area is 116 Å². The number of fused-ring (bicyclic) bond motifs is 3. The van der Waals surface area contributed by atoms with Crippen LogP contribution in [0, 0.1) is 11.8 Å². The maximum atomic E-state index is 10.1. The van der Waals surface area contributed by atoms with Gasteiger partial charge in [-0.3, -0.25) is 0 Å². The summed E-state index contributed by atoms with van der Waals surface area (Å²) in [5.41, 5.74) is 2.93. The summed E-state index contributed by atoms with van der Waals surface area (Å²) < 4.78 is 0. The average molecular weight is 259 g/mol. The molecule has 3 rings (SSSR count). The molecule has 2 bridgehead atoms. The lowest BCUT2D eigenvalue weighted by Gasteiger charge is -2.40. The lowest BCUT2D eigenvalue weighted by molar-refractivity contribution is 0.0810. The molecule has 104 valence electrons. The number of hydrogen-bond acceptors (Lipinski definition) is 2. The fraction of sp³-hybridized carbons (Fsp3) is 0.647. The second kappa shape index (κ2) is 4.92. The molecule has 1 fully saturated rings. The zero-order valence-corrected chi connectivity index (χ0v) is 12.0. The molecule has 0 amide bonds. The van der Waals surface area contributed by atoms with Crippen LogP contribution in [-0.2, 0) is 12.8 Å². The summed E-state index contributed by atoms with van der Waals surface area (Å²) in [5.74, 6) is 1.15. The third kappa shape index (κ3) is 2.11. The van der Waals surface area contributed by atoms with Crippen molar-refractivity contribution < 1.29 is 5.11 Å². The molecule has 19 heavy (non-hydrogen) atoms. The summed E-state index contributed by atoms with van der Waals surface area (Å²) in [5, 5.41) is 13.8. The van der Waals surface area contributed by atoms with Crippen molar-refractivity contribution in [2.24, 2.45) is 11.8 Å². The van der Waals surface area contributed by atoms with E-state index in [0.29, 0.717) is 17.9 Å².